The first kappa shape index (κ1) is 21.8. The van der Waals surface area contributed by atoms with E-state index in [1.807, 2.05) is 51.2 Å². The van der Waals surface area contributed by atoms with E-state index in [1.165, 1.54) is 12.8 Å². The minimum atomic E-state index is -0.629. The molecule has 0 radical (unpaired) electrons. The van der Waals surface area contributed by atoms with Crippen LogP contribution in [-0.2, 0) is 18.5 Å². The van der Waals surface area contributed by atoms with Crippen LogP contribution in [0.1, 0.15) is 72.8 Å². The summed E-state index contributed by atoms with van der Waals surface area (Å²) in [6, 6.07) is 16.3. The number of aromatic nitrogens is 3. The molecule has 1 heterocycles. The molecule has 3 rings (SSSR count). The Balaban J connectivity index is 1.74. The molecule has 0 aliphatic rings. The maximum absolute atomic E-state index is 13.2. The summed E-state index contributed by atoms with van der Waals surface area (Å²) in [6.07, 6.45) is 6.26. The maximum atomic E-state index is 13.2. The molecule has 1 aromatic heterocycles. The normalized spacial score (nSPS) is 11.5. The Morgan fingerprint density at radius 3 is 2.60 bits per heavy atom. The maximum Gasteiger partial charge on any atom is 0.252 e. The van der Waals surface area contributed by atoms with Crippen molar-refractivity contribution in [2.45, 2.75) is 65.5 Å². The lowest BCUT2D eigenvalue weighted by molar-refractivity contribution is 0.0909. The number of hydrogen-bond acceptors (Lipinski definition) is 3. The number of hydrogen-bond donors (Lipinski definition) is 1. The summed E-state index contributed by atoms with van der Waals surface area (Å²) in [5, 5.41) is 11.8. The fourth-order valence-electron chi connectivity index (χ4n) is 3.53. The number of nitrogens with one attached hydrogen (secondary N) is 1. The van der Waals surface area contributed by atoms with Crippen LogP contribution in [0, 0.1) is 6.92 Å². The van der Waals surface area contributed by atoms with Crippen molar-refractivity contribution in [3.63, 3.8) is 0 Å². The van der Waals surface area contributed by atoms with E-state index in [-0.39, 0.29) is 5.91 Å². The number of unbranched alkanes of at least 4 members (excludes halogenated alkanes) is 2. The molecular weight excluding hydrogens is 372 g/mol. The number of carbonyl (C=O) groups is 1. The summed E-state index contributed by atoms with van der Waals surface area (Å²) in [5.74, 6) is -0.0622. The molecule has 5 nitrogen and oxygen atoms in total. The molecule has 1 amide bonds. The van der Waals surface area contributed by atoms with Crippen molar-refractivity contribution in [3.05, 3.63) is 82.7 Å². The van der Waals surface area contributed by atoms with Crippen molar-refractivity contribution >= 4 is 5.91 Å². The van der Waals surface area contributed by atoms with Gasteiger partial charge < -0.3 is 5.32 Å². The second-order valence-electron chi connectivity index (χ2n) is 8.48. The Labute approximate surface area is 179 Å². The third kappa shape index (κ3) is 5.56. The Kier molecular flexibility index (Phi) is 7.03. The van der Waals surface area contributed by atoms with Crippen molar-refractivity contribution in [1.82, 2.24) is 20.3 Å². The quantitative estimate of drug-likeness (QED) is 0.509. The Hall–Kier alpha value is -2.95. The highest BCUT2D eigenvalue weighted by Crippen LogP contribution is 2.21. The van der Waals surface area contributed by atoms with Crippen molar-refractivity contribution < 1.29 is 4.79 Å². The van der Waals surface area contributed by atoms with Gasteiger partial charge in [0.25, 0.3) is 5.91 Å². The van der Waals surface area contributed by atoms with Crippen LogP contribution in [0.25, 0.3) is 0 Å². The summed E-state index contributed by atoms with van der Waals surface area (Å²) in [4.78, 5) is 13.2. The molecule has 0 aliphatic heterocycles. The molecule has 3 aromatic rings. The van der Waals surface area contributed by atoms with E-state index in [9.17, 15) is 4.79 Å². The molecule has 0 saturated carbocycles. The molecular formula is C25H32N4O. The molecule has 30 heavy (non-hydrogen) atoms. The zero-order valence-electron chi connectivity index (χ0n) is 18.5. The summed E-state index contributed by atoms with van der Waals surface area (Å²) in [5.41, 5.74) is 4.23. The van der Waals surface area contributed by atoms with Crippen LogP contribution in [0.15, 0.2) is 54.7 Å². The van der Waals surface area contributed by atoms with Crippen LogP contribution in [0.4, 0.5) is 0 Å². The molecule has 0 bridgehead atoms. The van der Waals surface area contributed by atoms with E-state index in [0.29, 0.717) is 6.54 Å². The van der Waals surface area contributed by atoms with E-state index >= 15 is 0 Å². The van der Waals surface area contributed by atoms with Gasteiger partial charge in [-0.15, -0.1) is 5.10 Å². The van der Waals surface area contributed by atoms with E-state index in [1.54, 1.807) is 4.68 Å². The molecule has 158 valence electrons. The molecule has 5 heteroatoms. The molecule has 0 spiro atoms. The van der Waals surface area contributed by atoms with Gasteiger partial charge in [0.05, 0.1) is 18.3 Å². The molecule has 0 atom stereocenters. The van der Waals surface area contributed by atoms with E-state index in [4.69, 9.17) is 0 Å². The van der Waals surface area contributed by atoms with Gasteiger partial charge in [0, 0.05) is 5.56 Å². The number of amides is 1. The van der Waals surface area contributed by atoms with Crippen LogP contribution < -0.4 is 5.32 Å². The van der Waals surface area contributed by atoms with E-state index < -0.39 is 5.54 Å². The van der Waals surface area contributed by atoms with Gasteiger partial charge in [-0.05, 0) is 50.8 Å². The van der Waals surface area contributed by atoms with Gasteiger partial charge in [0.15, 0.2) is 0 Å². The molecule has 2 aromatic carbocycles. The molecule has 0 saturated heterocycles. The van der Waals surface area contributed by atoms with Gasteiger partial charge in [-0.2, -0.15) is 0 Å². The molecule has 0 fully saturated rings. The predicted octanol–water partition coefficient (Wildman–Crippen LogP) is 5.03. The van der Waals surface area contributed by atoms with Crippen LogP contribution >= 0.6 is 0 Å². The first-order valence-electron chi connectivity index (χ1n) is 10.8. The highest BCUT2D eigenvalue weighted by atomic mass is 16.1. The second kappa shape index (κ2) is 9.70. The molecule has 1 N–H and O–H groups in total. The number of rotatable bonds is 9. The minimum Gasteiger partial charge on any atom is -0.341 e. The first-order chi connectivity index (χ1) is 14.4. The van der Waals surface area contributed by atoms with Crippen molar-refractivity contribution in [1.29, 1.82) is 0 Å². The first-order valence-corrected chi connectivity index (χ1v) is 10.8. The second-order valence-corrected chi connectivity index (χ2v) is 8.48. The van der Waals surface area contributed by atoms with Gasteiger partial charge in [0.1, 0.15) is 5.69 Å². The largest absolute Gasteiger partial charge is 0.341 e. The van der Waals surface area contributed by atoms with Crippen LogP contribution in [0.3, 0.4) is 0 Å². The van der Waals surface area contributed by atoms with Crippen LogP contribution in [-0.4, -0.2) is 20.9 Å². The fourth-order valence-corrected chi connectivity index (χ4v) is 3.53. The average molecular weight is 405 g/mol. The lowest BCUT2D eigenvalue weighted by atomic mass is 9.96. The summed E-state index contributed by atoms with van der Waals surface area (Å²) < 4.78 is 1.81. The van der Waals surface area contributed by atoms with Crippen molar-refractivity contribution in [2.75, 3.05) is 0 Å². The Morgan fingerprint density at radius 2 is 1.87 bits per heavy atom. The lowest BCUT2D eigenvalue weighted by Crippen LogP contribution is -2.41. The van der Waals surface area contributed by atoms with Gasteiger partial charge in [-0.1, -0.05) is 73.0 Å². The number of nitrogens with zero attached hydrogens (tertiary/aromatic N) is 3. The topological polar surface area (TPSA) is 59.8 Å². The van der Waals surface area contributed by atoms with E-state index in [0.717, 1.165) is 40.8 Å². The Morgan fingerprint density at radius 1 is 1.10 bits per heavy atom. The Bertz CT molecular complexity index is 976. The van der Waals surface area contributed by atoms with Gasteiger partial charge in [0.2, 0.25) is 0 Å². The van der Waals surface area contributed by atoms with Gasteiger partial charge in [-0.25, -0.2) is 4.68 Å². The summed E-state index contributed by atoms with van der Waals surface area (Å²) in [6.45, 7) is 8.79. The van der Waals surface area contributed by atoms with Crippen LogP contribution in [0.5, 0.6) is 0 Å². The van der Waals surface area contributed by atoms with Crippen LogP contribution in [0.2, 0.25) is 0 Å². The summed E-state index contributed by atoms with van der Waals surface area (Å²) in [7, 11) is 0. The third-order valence-corrected chi connectivity index (χ3v) is 5.35. The zero-order chi connectivity index (χ0) is 21.6. The molecule has 0 unspecified atom stereocenters. The molecule has 0 aliphatic carbocycles. The third-order valence-electron chi connectivity index (χ3n) is 5.35. The number of benzene rings is 2. The number of aryl methyl sites for hydroxylation is 2. The minimum absolute atomic E-state index is 0.0622. The van der Waals surface area contributed by atoms with Gasteiger partial charge >= 0.3 is 0 Å². The van der Waals surface area contributed by atoms with Gasteiger partial charge in [-0.3, -0.25) is 4.79 Å². The SMILES string of the molecule is CCCCCc1ccc(C)cc1C(=O)NC(C)(C)c1cn(Cc2ccccc2)nn1. The van der Waals surface area contributed by atoms with Crippen molar-refractivity contribution in [3.8, 4) is 0 Å². The standard InChI is InChI=1S/C25H32N4O/c1-5-6-8-13-21-15-14-19(2)16-22(21)24(30)26-25(3,4)23-18-29(28-27-23)17-20-11-9-7-10-12-20/h7,9-12,14-16,18H,5-6,8,13,17H2,1-4H3,(H,26,30). The lowest BCUT2D eigenvalue weighted by Gasteiger charge is -2.24. The fraction of sp³-hybridized carbons (Fsp3) is 0.400. The predicted molar refractivity (Wildman–Crippen MR) is 120 cm³/mol. The number of carbonyl (C=O) groups excluding carboxylic acids is 1. The monoisotopic (exact) mass is 404 g/mol. The summed E-state index contributed by atoms with van der Waals surface area (Å²) >= 11 is 0. The van der Waals surface area contributed by atoms with Crippen molar-refractivity contribution in [2.24, 2.45) is 0 Å². The van der Waals surface area contributed by atoms with E-state index in [2.05, 4.69) is 46.8 Å². The zero-order valence-corrected chi connectivity index (χ0v) is 18.5. The smallest absolute Gasteiger partial charge is 0.252 e. The highest BCUT2D eigenvalue weighted by molar-refractivity contribution is 5.96. The average Bonchev–Trinajstić information content (AvgIpc) is 3.19. The highest BCUT2D eigenvalue weighted by Gasteiger charge is 2.27.